The maximum Gasteiger partial charge on any atom is 0.364 e. The van der Waals surface area contributed by atoms with E-state index in [-0.39, 0.29) is 6.61 Å². The van der Waals surface area contributed by atoms with Gasteiger partial charge in [-0.2, -0.15) is 0 Å². The smallest absolute Gasteiger partial charge is 0.364 e. The minimum absolute atomic E-state index is 0.147. The third-order valence-electron chi connectivity index (χ3n) is 0.509. The molecule has 2 N–H and O–H groups in total. The highest BCUT2D eigenvalue weighted by Crippen LogP contribution is 2.13. The summed E-state index contributed by atoms with van der Waals surface area (Å²) >= 11 is 0. The fourth-order valence-electron chi connectivity index (χ4n) is 0.202. The van der Waals surface area contributed by atoms with Gasteiger partial charge < -0.3 is 18.8 Å². The molecule has 0 aromatic carbocycles. The normalized spacial score (nSPS) is 13.1. The Labute approximate surface area is 77.4 Å². The molecule has 2 unspecified atom stereocenters. The van der Waals surface area contributed by atoms with Gasteiger partial charge in [0.05, 0.1) is 12.9 Å². The molecule has 0 fully saturated rings. The summed E-state index contributed by atoms with van der Waals surface area (Å²) in [6.07, 6.45) is 2.35. The van der Waals surface area contributed by atoms with Crippen molar-refractivity contribution in [3.05, 3.63) is 25.5 Å². The highest BCUT2D eigenvalue weighted by Gasteiger charge is 1.83. The number of hydrogen-bond donors (Lipinski definition) is 2. The van der Waals surface area contributed by atoms with E-state index in [0.717, 1.165) is 6.26 Å². The van der Waals surface area contributed by atoms with E-state index in [0.29, 0.717) is 0 Å². The molecule has 8 heteroatoms. The van der Waals surface area contributed by atoms with Gasteiger partial charge in [0.2, 0.25) is 0 Å². The molecule has 0 aromatic heterocycles. The molecule has 0 rings (SSSR count). The van der Waals surface area contributed by atoms with Gasteiger partial charge >= 0.3 is 16.5 Å². The molecule has 2 atom stereocenters. The summed E-state index contributed by atoms with van der Waals surface area (Å²) in [5, 5.41) is 0. The molecular weight excluding hydrogens is 218 g/mol. The quantitative estimate of drug-likeness (QED) is 0.417. The van der Waals surface area contributed by atoms with Crippen LogP contribution in [0.4, 0.5) is 0 Å². The van der Waals surface area contributed by atoms with Crippen LogP contribution in [-0.4, -0.2) is 16.4 Å². The summed E-state index contributed by atoms with van der Waals surface area (Å²) in [5.41, 5.74) is 0. The molecule has 0 saturated carbocycles. The SMILES string of the molecule is C=CCO[PH](=O)O.C=CO[PH](=O)O. The minimum atomic E-state index is -2.75. The molecule has 78 valence electrons. The average molecular weight is 230 g/mol. The Morgan fingerprint density at radius 3 is 1.85 bits per heavy atom. The standard InChI is InChI=1S/C3H7O3P.C2H5O3P/c1-2-3-6-7(4)5;1-2-5-6(3)4/h2,7H,1,3H2,(H,4,5);2,6H,1H2,(H,3,4). The van der Waals surface area contributed by atoms with Crippen molar-refractivity contribution < 1.29 is 28.0 Å². The second-order valence-corrected chi connectivity index (χ2v) is 3.00. The average Bonchev–Trinajstić information content (AvgIpc) is 2.01. The van der Waals surface area contributed by atoms with Crippen molar-refractivity contribution in [2.45, 2.75) is 0 Å². The number of rotatable bonds is 5. The van der Waals surface area contributed by atoms with Crippen LogP contribution in [0.2, 0.25) is 0 Å². The molecule has 0 radical (unpaired) electrons. The Morgan fingerprint density at radius 1 is 1.23 bits per heavy atom. The second-order valence-electron chi connectivity index (χ2n) is 1.42. The fraction of sp³-hybridized carbons (Fsp3) is 0.200. The zero-order valence-corrected chi connectivity index (χ0v) is 8.80. The largest absolute Gasteiger partial charge is 0.435 e. The molecule has 13 heavy (non-hydrogen) atoms. The van der Waals surface area contributed by atoms with Crippen LogP contribution in [0.25, 0.3) is 0 Å². The predicted octanol–water partition coefficient (Wildman–Crippen LogP) is 1.10. The summed E-state index contributed by atoms with van der Waals surface area (Å²) < 4.78 is 27.2. The van der Waals surface area contributed by atoms with Crippen molar-refractivity contribution >= 4 is 16.5 Å². The van der Waals surface area contributed by atoms with Crippen molar-refractivity contribution in [2.75, 3.05) is 6.61 Å². The van der Waals surface area contributed by atoms with E-state index in [1.54, 1.807) is 0 Å². The first-order valence-electron chi connectivity index (χ1n) is 3.01. The van der Waals surface area contributed by atoms with Crippen molar-refractivity contribution in [3.63, 3.8) is 0 Å². The van der Waals surface area contributed by atoms with E-state index < -0.39 is 16.5 Å². The topological polar surface area (TPSA) is 93.1 Å². The fourth-order valence-corrected chi connectivity index (χ4v) is 0.605. The van der Waals surface area contributed by atoms with Crippen LogP contribution < -0.4 is 0 Å². The summed E-state index contributed by atoms with van der Waals surface area (Å²) in [5.74, 6) is 0. The van der Waals surface area contributed by atoms with Gasteiger partial charge in [0.25, 0.3) is 0 Å². The monoisotopic (exact) mass is 230 g/mol. The predicted molar refractivity (Wildman–Crippen MR) is 49.9 cm³/mol. The molecule has 0 aliphatic heterocycles. The van der Waals surface area contributed by atoms with Crippen LogP contribution in [0.1, 0.15) is 0 Å². The first kappa shape index (κ1) is 15.1. The lowest BCUT2D eigenvalue weighted by Crippen LogP contribution is -1.75. The van der Waals surface area contributed by atoms with E-state index in [1.165, 1.54) is 6.08 Å². The zero-order chi connectivity index (χ0) is 10.7. The molecule has 0 amide bonds. The van der Waals surface area contributed by atoms with Crippen LogP contribution in [0, 0.1) is 0 Å². The lowest BCUT2D eigenvalue weighted by Gasteiger charge is -1.88. The molecule has 0 spiro atoms. The summed E-state index contributed by atoms with van der Waals surface area (Å²) in [4.78, 5) is 15.8. The summed E-state index contributed by atoms with van der Waals surface area (Å²) in [6, 6.07) is 0. The van der Waals surface area contributed by atoms with Gasteiger partial charge in [-0.25, -0.2) is 4.57 Å². The van der Waals surface area contributed by atoms with E-state index in [2.05, 4.69) is 22.2 Å². The lowest BCUT2D eigenvalue weighted by molar-refractivity contribution is 0.312. The molecule has 0 bridgehead atoms. The van der Waals surface area contributed by atoms with E-state index in [9.17, 15) is 9.13 Å². The van der Waals surface area contributed by atoms with Crippen LogP contribution in [0.15, 0.2) is 25.5 Å². The molecule has 0 aliphatic carbocycles. The Hall–Kier alpha value is -0.380. The maximum atomic E-state index is 9.67. The zero-order valence-electron chi connectivity index (χ0n) is 6.80. The molecule has 0 aliphatic rings. The van der Waals surface area contributed by atoms with Crippen LogP contribution in [-0.2, 0) is 18.2 Å². The van der Waals surface area contributed by atoms with Crippen molar-refractivity contribution in [2.24, 2.45) is 0 Å². The van der Waals surface area contributed by atoms with E-state index >= 15 is 0 Å². The van der Waals surface area contributed by atoms with Gasteiger partial charge in [-0.05, 0) is 0 Å². The van der Waals surface area contributed by atoms with Gasteiger partial charge in [-0.1, -0.05) is 12.7 Å². The highest BCUT2D eigenvalue weighted by atomic mass is 31.1. The minimum Gasteiger partial charge on any atom is -0.435 e. The summed E-state index contributed by atoms with van der Waals surface area (Å²) in [6.45, 7) is 6.47. The van der Waals surface area contributed by atoms with Crippen molar-refractivity contribution in [3.8, 4) is 0 Å². The van der Waals surface area contributed by atoms with E-state index in [4.69, 9.17) is 9.79 Å². The van der Waals surface area contributed by atoms with Gasteiger partial charge in [-0.15, -0.1) is 6.58 Å². The first-order chi connectivity index (χ1) is 6.04. The van der Waals surface area contributed by atoms with Crippen LogP contribution >= 0.6 is 16.5 Å². The Kier molecular flexibility index (Phi) is 13.5. The second kappa shape index (κ2) is 11.6. The molecule has 6 nitrogen and oxygen atoms in total. The first-order valence-corrected chi connectivity index (χ1v) is 5.54. The lowest BCUT2D eigenvalue weighted by atomic mass is 10.7. The van der Waals surface area contributed by atoms with Crippen LogP contribution in [0.5, 0.6) is 0 Å². The van der Waals surface area contributed by atoms with Crippen LogP contribution in [0.3, 0.4) is 0 Å². The highest BCUT2D eigenvalue weighted by molar-refractivity contribution is 7.32. The third-order valence-corrected chi connectivity index (χ3v) is 1.29. The van der Waals surface area contributed by atoms with E-state index in [1.807, 2.05) is 0 Å². The molecular formula is C5H12O6P2. The maximum absolute atomic E-state index is 9.67. The van der Waals surface area contributed by atoms with Gasteiger partial charge in [0.15, 0.2) is 0 Å². The van der Waals surface area contributed by atoms with Gasteiger partial charge in [0, 0.05) is 0 Å². The van der Waals surface area contributed by atoms with Gasteiger partial charge in [-0.3, -0.25) is 4.57 Å². The Balaban J connectivity index is 0. The summed E-state index contributed by atoms with van der Waals surface area (Å²) in [7, 11) is -5.47. The van der Waals surface area contributed by atoms with Gasteiger partial charge in [0.1, 0.15) is 0 Å². The van der Waals surface area contributed by atoms with Crippen molar-refractivity contribution in [1.82, 2.24) is 0 Å². The third kappa shape index (κ3) is 24.5. The Morgan fingerprint density at radius 2 is 1.77 bits per heavy atom. The molecule has 0 aromatic rings. The number of hydrogen-bond acceptors (Lipinski definition) is 4. The Bertz CT molecular complexity index is 191. The molecule has 0 saturated heterocycles. The van der Waals surface area contributed by atoms with Crippen molar-refractivity contribution in [1.29, 1.82) is 0 Å². The molecule has 0 heterocycles.